The summed E-state index contributed by atoms with van der Waals surface area (Å²) in [6.07, 6.45) is -3.54. The Labute approximate surface area is 94.5 Å². The van der Waals surface area contributed by atoms with Crippen molar-refractivity contribution in [3.63, 3.8) is 0 Å². The summed E-state index contributed by atoms with van der Waals surface area (Å²) in [5.41, 5.74) is -1.39. The van der Waals surface area contributed by atoms with Gasteiger partial charge in [0.05, 0.1) is 12.2 Å². The Morgan fingerprint density at radius 1 is 1.29 bits per heavy atom. The maximum atomic E-state index is 11.5. The van der Waals surface area contributed by atoms with Crippen molar-refractivity contribution in [2.45, 2.75) is 24.4 Å². The predicted octanol–water partition coefficient (Wildman–Crippen LogP) is -2.78. The lowest BCUT2D eigenvalue weighted by Gasteiger charge is -2.13. The lowest BCUT2D eigenvalue weighted by atomic mass is 10.0. The number of aliphatic hydroxyl groups is 3. The fraction of sp³-hybridized carbons (Fsp3) is 0.556. The molecule has 1 aromatic heterocycles. The number of aliphatic hydroxyl groups excluding tert-OH is 3. The third-order valence-electron chi connectivity index (χ3n) is 2.70. The molecule has 1 aliphatic heterocycles. The molecule has 5 N–H and O–H groups in total. The lowest BCUT2D eigenvalue weighted by Crippen LogP contribution is -2.34. The van der Waals surface area contributed by atoms with Crippen LogP contribution in [0, 0.1) is 0 Å². The van der Waals surface area contributed by atoms with Crippen LogP contribution in [0.3, 0.4) is 0 Å². The van der Waals surface area contributed by atoms with Crippen LogP contribution in [0.15, 0.2) is 15.8 Å². The van der Waals surface area contributed by atoms with E-state index in [0.29, 0.717) is 0 Å². The summed E-state index contributed by atoms with van der Waals surface area (Å²) >= 11 is 0. The van der Waals surface area contributed by atoms with Crippen molar-refractivity contribution in [3.8, 4) is 0 Å². The molecule has 0 amide bonds. The van der Waals surface area contributed by atoms with Gasteiger partial charge >= 0.3 is 5.69 Å². The SMILES string of the molecule is O=c1[nH]cc([C@@H]2O[C@H](CO)[C@H](O)C2O)c(=O)[nH]1. The van der Waals surface area contributed by atoms with Gasteiger partial charge in [0.1, 0.15) is 24.4 Å². The molecule has 2 heterocycles. The minimum Gasteiger partial charge on any atom is -0.394 e. The first kappa shape index (κ1) is 12.0. The van der Waals surface area contributed by atoms with E-state index in [0.717, 1.165) is 6.20 Å². The molecular formula is C9H12N2O6. The molecule has 0 spiro atoms. The van der Waals surface area contributed by atoms with Crippen LogP contribution in [0.4, 0.5) is 0 Å². The van der Waals surface area contributed by atoms with Crippen molar-refractivity contribution in [1.82, 2.24) is 9.97 Å². The first-order chi connectivity index (χ1) is 8.04. The summed E-state index contributed by atoms with van der Waals surface area (Å²) in [5, 5.41) is 28.1. The molecule has 0 aliphatic carbocycles. The molecule has 1 unspecified atom stereocenters. The van der Waals surface area contributed by atoms with Gasteiger partial charge < -0.3 is 25.0 Å². The van der Waals surface area contributed by atoms with Crippen LogP contribution in [0.1, 0.15) is 11.7 Å². The highest BCUT2D eigenvalue weighted by atomic mass is 16.6. The Balaban J connectivity index is 2.35. The first-order valence-electron chi connectivity index (χ1n) is 4.99. The maximum absolute atomic E-state index is 11.5. The Bertz CT molecular complexity index is 509. The van der Waals surface area contributed by atoms with Gasteiger partial charge in [-0.05, 0) is 0 Å². The minimum absolute atomic E-state index is 0.00731. The van der Waals surface area contributed by atoms with Gasteiger partial charge in [0.25, 0.3) is 5.56 Å². The molecule has 8 nitrogen and oxygen atoms in total. The fourth-order valence-corrected chi connectivity index (χ4v) is 1.79. The highest BCUT2D eigenvalue weighted by Gasteiger charge is 2.44. The zero-order chi connectivity index (χ0) is 12.6. The normalized spacial score (nSPS) is 32.9. The smallest absolute Gasteiger partial charge is 0.325 e. The lowest BCUT2D eigenvalue weighted by molar-refractivity contribution is -0.0232. The van der Waals surface area contributed by atoms with Gasteiger partial charge in [-0.3, -0.25) is 9.78 Å². The van der Waals surface area contributed by atoms with E-state index in [4.69, 9.17) is 9.84 Å². The fourth-order valence-electron chi connectivity index (χ4n) is 1.79. The molecule has 2 rings (SSSR count). The summed E-state index contributed by atoms with van der Waals surface area (Å²) in [5.74, 6) is 0. The molecule has 0 bridgehead atoms. The largest absolute Gasteiger partial charge is 0.394 e. The first-order valence-corrected chi connectivity index (χ1v) is 4.99. The Kier molecular flexibility index (Phi) is 3.11. The molecule has 0 radical (unpaired) electrons. The standard InChI is InChI=1S/C9H12N2O6/c12-2-4-5(13)6(14)7(17-4)3-1-10-9(16)11-8(3)15/h1,4-7,12-14H,2H2,(H2,10,11,15,16)/t4-,5+,6?,7+/m1/s1. The molecular weight excluding hydrogens is 232 g/mol. The van der Waals surface area contributed by atoms with Gasteiger partial charge in [0.2, 0.25) is 0 Å². The van der Waals surface area contributed by atoms with E-state index in [1.165, 1.54) is 0 Å². The summed E-state index contributed by atoms with van der Waals surface area (Å²) < 4.78 is 5.15. The van der Waals surface area contributed by atoms with Crippen molar-refractivity contribution in [1.29, 1.82) is 0 Å². The van der Waals surface area contributed by atoms with Crippen molar-refractivity contribution in [2.75, 3.05) is 6.61 Å². The highest BCUT2D eigenvalue weighted by molar-refractivity contribution is 5.13. The van der Waals surface area contributed by atoms with E-state index in [9.17, 15) is 19.8 Å². The summed E-state index contributed by atoms with van der Waals surface area (Å²) in [4.78, 5) is 26.5. The van der Waals surface area contributed by atoms with Crippen LogP contribution in [0.25, 0.3) is 0 Å². The molecule has 0 aromatic carbocycles. The van der Waals surface area contributed by atoms with Crippen LogP contribution in [-0.2, 0) is 4.74 Å². The zero-order valence-electron chi connectivity index (χ0n) is 8.66. The van der Waals surface area contributed by atoms with Gasteiger partial charge in [-0.25, -0.2) is 4.79 Å². The van der Waals surface area contributed by atoms with Crippen molar-refractivity contribution >= 4 is 0 Å². The summed E-state index contributed by atoms with van der Waals surface area (Å²) in [7, 11) is 0. The van der Waals surface area contributed by atoms with Gasteiger partial charge in [-0.15, -0.1) is 0 Å². The van der Waals surface area contributed by atoms with Crippen LogP contribution >= 0.6 is 0 Å². The highest BCUT2D eigenvalue weighted by Crippen LogP contribution is 2.31. The molecule has 17 heavy (non-hydrogen) atoms. The number of hydrogen-bond donors (Lipinski definition) is 5. The van der Waals surface area contributed by atoms with E-state index in [1.54, 1.807) is 0 Å². The number of hydrogen-bond acceptors (Lipinski definition) is 6. The second-order valence-electron chi connectivity index (χ2n) is 3.79. The van der Waals surface area contributed by atoms with Gasteiger partial charge in [0.15, 0.2) is 0 Å². The van der Waals surface area contributed by atoms with Crippen LogP contribution in [0.2, 0.25) is 0 Å². The molecule has 4 atom stereocenters. The quantitative estimate of drug-likeness (QED) is 0.382. The van der Waals surface area contributed by atoms with Crippen molar-refractivity contribution in [3.05, 3.63) is 32.6 Å². The molecule has 0 saturated carbocycles. The predicted molar refractivity (Wildman–Crippen MR) is 54.4 cm³/mol. The molecule has 1 fully saturated rings. The average molecular weight is 244 g/mol. The van der Waals surface area contributed by atoms with E-state index in [1.807, 2.05) is 4.98 Å². The topological polar surface area (TPSA) is 136 Å². The molecule has 1 saturated heterocycles. The van der Waals surface area contributed by atoms with E-state index < -0.39 is 42.3 Å². The number of H-pyrrole nitrogens is 2. The number of ether oxygens (including phenoxy) is 1. The Hall–Kier alpha value is -1.48. The van der Waals surface area contributed by atoms with Crippen molar-refractivity contribution < 1.29 is 20.1 Å². The second kappa shape index (κ2) is 4.41. The molecule has 1 aromatic rings. The van der Waals surface area contributed by atoms with E-state index in [-0.39, 0.29) is 5.56 Å². The number of rotatable bonds is 2. The average Bonchev–Trinajstić information content (AvgIpc) is 2.57. The van der Waals surface area contributed by atoms with E-state index >= 15 is 0 Å². The summed E-state index contributed by atoms with van der Waals surface area (Å²) in [6, 6.07) is 0. The Morgan fingerprint density at radius 2 is 2.00 bits per heavy atom. The maximum Gasteiger partial charge on any atom is 0.325 e. The summed E-state index contributed by atoms with van der Waals surface area (Å²) in [6.45, 7) is -0.476. The zero-order valence-corrected chi connectivity index (χ0v) is 8.66. The second-order valence-corrected chi connectivity index (χ2v) is 3.79. The monoisotopic (exact) mass is 244 g/mol. The van der Waals surface area contributed by atoms with Crippen LogP contribution in [-0.4, -0.2) is 50.2 Å². The van der Waals surface area contributed by atoms with Crippen molar-refractivity contribution in [2.24, 2.45) is 0 Å². The van der Waals surface area contributed by atoms with Gasteiger partial charge in [-0.1, -0.05) is 0 Å². The Morgan fingerprint density at radius 3 is 2.53 bits per heavy atom. The third-order valence-corrected chi connectivity index (χ3v) is 2.70. The van der Waals surface area contributed by atoms with E-state index in [2.05, 4.69) is 4.98 Å². The molecule has 94 valence electrons. The van der Waals surface area contributed by atoms with Gasteiger partial charge in [-0.2, -0.15) is 0 Å². The van der Waals surface area contributed by atoms with Gasteiger partial charge in [0, 0.05) is 6.20 Å². The molecule has 1 aliphatic rings. The van der Waals surface area contributed by atoms with Crippen LogP contribution in [0.5, 0.6) is 0 Å². The minimum atomic E-state index is -1.33. The number of aromatic amines is 2. The molecule has 8 heteroatoms. The number of aromatic nitrogens is 2. The third kappa shape index (κ3) is 2.03. The van der Waals surface area contributed by atoms with Crippen LogP contribution < -0.4 is 11.2 Å². The number of nitrogens with one attached hydrogen (secondary N) is 2.